The molecule has 0 aliphatic rings. The molecule has 0 aliphatic carbocycles. The van der Waals surface area contributed by atoms with Crippen LogP contribution in [-0.4, -0.2) is 6.61 Å². The van der Waals surface area contributed by atoms with Crippen LogP contribution in [0.2, 0.25) is 0 Å². The van der Waals surface area contributed by atoms with Gasteiger partial charge in [-0.25, -0.2) is 0 Å². The molecule has 0 aromatic heterocycles. The molecule has 0 spiro atoms. The van der Waals surface area contributed by atoms with Gasteiger partial charge < -0.3 is 4.74 Å². The van der Waals surface area contributed by atoms with E-state index in [4.69, 9.17) is 4.74 Å². The summed E-state index contributed by atoms with van der Waals surface area (Å²) in [6.07, 6.45) is 1.99. The zero-order chi connectivity index (χ0) is 15.2. The summed E-state index contributed by atoms with van der Waals surface area (Å²) >= 11 is 7.39. The van der Waals surface area contributed by atoms with E-state index < -0.39 is 0 Å². The van der Waals surface area contributed by atoms with Gasteiger partial charge in [0, 0.05) is 4.83 Å². The van der Waals surface area contributed by atoms with E-state index in [2.05, 4.69) is 82.1 Å². The van der Waals surface area contributed by atoms with Gasteiger partial charge in [0.05, 0.1) is 11.1 Å². The predicted molar refractivity (Wildman–Crippen MR) is 96.5 cm³/mol. The third-order valence-corrected chi connectivity index (χ3v) is 4.75. The van der Waals surface area contributed by atoms with Crippen LogP contribution < -0.4 is 4.74 Å². The molecule has 2 rings (SSSR count). The Balaban J connectivity index is 2.08. The van der Waals surface area contributed by atoms with Crippen molar-refractivity contribution < 1.29 is 4.74 Å². The Labute approximate surface area is 144 Å². The van der Waals surface area contributed by atoms with E-state index in [0.29, 0.717) is 4.83 Å². The molecule has 1 atom stereocenters. The van der Waals surface area contributed by atoms with Crippen molar-refractivity contribution in [3.8, 4) is 5.75 Å². The summed E-state index contributed by atoms with van der Waals surface area (Å²) in [5.74, 6) is 0.913. The van der Waals surface area contributed by atoms with Crippen LogP contribution in [0.15, 0.2) is 46.9 Å². The van der Waals surface area contributed by atoms with Gasteiger partial charge in [0.25, 0.3) is 0 Å². The fourth-order valence-corrected chi connectivity index (χ4v) is 3.37. The third kappa shape index (κ3) is 4.86. The van der Waals surface area contributed by atoms with Gasteiger partial charge in [-0.05, 0) is 59.0 Å². The molecule has 2 aromatic rings. The Bertz CT molecular complexity index is 596. The summed E-state index contributed by atoms with van der Waals surface area (Å²) in [5, 5.41) is 0. The number of ether oxygens (including phenoxy) is 1. The smallest absolute Gasteiger partial charge is 0.133 e. The third-order valence-electron chi connectivity index (χ3n) is 3.28. The fraction of sp³-hybridized carbons (Fsp3) is 0.333. The molecule has 0 bridgehead atoms. The molecule has 2 aromatic carbocycles. The van der Waals surface area contributed by atoms with Crippen molar-refractivity contribution in [3.63, 3.8) is 0 Å². The number of hydrogen-bond donors (Lipinski definition) is 0. The Kier molecular flexibility index (Phi) is 6.31. The SMILES string of the molecule is CCCOc1ccc(C(Br)Cc2cccc(C)c2)cc1Br. The van der Waals surface area contributed by atoms with Crippen LogP contribution in [0.4, 0.5) is 0 Å². The van der Waals surface area contributed by atoms with Gasteiger partial charge in [-0.15, -0.1) is 0 Å². The van der Waals surface area contributed by atoms with Crippen LogP contribution in [0.3, 0.4) is 0 Å². The number of hydrogen-bond acceptors (Lipinski definition) is 1. The number of aryl methyl sites for hydroxylation is 1. The normalized spacial score (nSPS) is 12.2. The van der Waals surface area contributed by atoms with Gasteiger partial charge in [0.2, 0.25) is 0 Å². The molecule has 21 heavy (non-hydrogen) atoms. The number of alkyl halides is 1. The molecule has 0 N–H and O–H groups in total. The summed E-state index contributed by atoms with van der Waals surface area (Å²) in [6.45, 7) is 4.99. The van der Waals surface area contributed by atoms with Crippen molar-refractivity contribution in [2.75, 3.05) is 6.61 Å². The maximum Gasteiger partial charge on any atom is 0.133 e. The van der Waals surface area contributed by atoms with E-state index in [0.717, 1.165) is 29.7 Å². The van der Waals surface area contributed by atoms with Crippen molar-refractivity contribution in [1.29, 1.82) is 0 Å². The van der Waals surface area contributed by atoms with Crippen LogP contribution in [0, 0.1) is 6.92 Å². The maximum absolute atomic E-state index is 5.69. The van der Waals surface area contributed by atoms with E-state index in [1.54, 1.807) is 0 Å². The molecule has 0 saturated carbocycles. The van der Waals surface area contributed by atoms with Crippen LogP contribution in [-0.2, 0) is 6.42 Å². The van der Waals surface area contributed by atoms with Crippen LogP contribution in [0.1, 0.15) is 34.9 Å². The minimum absolute atomic E-state index is 0.302. The molecule has 0 amide bonds. The monoisotopic (exact) mass is 410 g/mol. The molecule has 1 nitrogen and oxygen atoms in total. The highest BCUT2D eigenvalue weighted by Crippen LogP contribution is 2.33. The predicted octanol–water partition coefficient (Wildman–Crippen LogP) is 6.23. The summed E-state index contributed by atoms with van der Waals surface area (Å²) < 4.78 is 6.71. The average Bonchev–Trinajstić information content (AvgIpc) is 2.46. The minimum Gasteiger partial charge on any atom is -0.492 e. The summed E-state index contributed by atoms with van der Waals surface area (Å²) in [7, 11) is 0. The van der Waals surface area contributed by atoms with Gasteiger partial charge in [-0.3, -0.25) is 0 Å². The summed E-state index contributed by atoms with van der Waals surface area (Å²) in [6, 6.07) is 15.0. The van der Waals surface area contributed by atoms with Crippen LogP contribution in [0.25, 0.3) is 0 Å². The van der Waals surface area contributed by atoms with Gasteiger partial charge in [0.1, 0.15) is 5.75 Å². The van der Waals surface area contributed by atoms with E-state index in [1.165, 1.54) is 16.7 Å². The molecule has 1 unspecified atom stereocenters. The zero-order valence-corrected chi connectivity index (χ0v) is 15.6. The zero-order valence-electron chi connectivity index (χ0n) is 12.4. The lowest BCUT2D eigenvalue weighted by atomic mass is 10.0. The van der Waals surface area contributed by atoms with Gasteiger partial charge in [0.15, 0.2) is 0 Å². The van der Waals surface area contributed by atoms with Crippen molar-refractivity contribution >= 4 is 31.9 Å². The lowest BCUT2D eigenvalue weighted by Crippen LogP contribution is -1.99. The van der Waals surface area contributed by atoms with Crippen molar-refractivity contribution in [3.05, 3.63) is 63.6 Å². The van der Waals surface area contributed by atoms with Crippen molar-refractivity contribution in [2.45, 2.75) is 31.5 Å². The first-order valence-corrected chi connectivity index (χ1v) is 8.93. The highest BCUT2D eigenvalue weighted by atomic mass is 79.9. The second-order valence-electron chi connectivity index (χ2n) is 5.20. The molecular weight excluding hydrogens is 392 g/mol. The minimum atomic E-state index is 0.302. The van der Waals surface area contributed by atoms with Gasteiger partial charge in [-0.2, -0.15) is 0 Å². The standard InChI is InChI=1S/C18H20Br2O/c1-3-9-21-18-8-7-15(12-17(18)20)16(19)11-14-6-4-5-13(2)10-14/h4-8,10,12,16H,3,9,11H2,1-2H3. The Morgan fingerprint density at radius 2 is 1.95 bits per heavy atom. The molecule has 3 heteroatoms. The molecule has 0 radical (unpaired) electrons. The largest absolute Gasteiger partial charge is 0.492 e. The maximum atomic E-state index is 5.69. The van der Waals surface area contributed by atoms with E-state index in [1.807, 2.05) is 6.07 Å². The average molecular weight is 412 g/mol. The molecule has 0 aliphatic heterocycles. The highest BCUT2D eigenvalue weighted by molar-refractivity contribution is 9.10. The second kappa shape index (κ2) is 8.00. The van der Waals surface area contributed by atoms with Crippen molar-refractivity contribution in [1.82, 2.24) is 0 Å². The van der Waals surface area contributed by atoms with Gasteiger partial charge >= 0.3 is 0 Å². The summed E-state index contributed by atoms with van der Waals surface area (Å²) in [4.78, 5) is 0.302. The quantitative estimate of drug-likeness (QED) is 0.512. The lowest BCUT2D eigenvalue weighted by Gasteiger charge is -2.13. The van der Waals surface area contributed by atoms with E-state index in [-0.39, 0.29) is 0 Å². The molecule has 0 fully saturated rings. The van der Waals surface area contributed by atoms with Crippen LogP contribution in [0.5, 0.6) is 5.75 Å². The molecule has 0 saturated heterocycles. The number of benzene rings is 2. The lowest BCUT2D eigenvalue weighted by molar-refractivity contribution is 0.315. The van der Waals surface area contributed by atoms with Crippen LogP contribution >= 0.6 is 31.9 Å². The number of rotatable bonds is 6. The molecular formula is C18H20Br2O. The highest BCUT2D eigenvalue weighted by Gasteiger charge is 2.11. The van der Waals surface area contributed by atoms with E-state index in [9.17, 15) is 0 Å². The fourth-order valence-electron chi connectivity index (χ4n) is 2.20. The Morgan fingerprint density at radius 1 is 1.14 bits per heavy atom. The molecule has 0 heterocycles. The topological polar surface area (TPSA) is 9.23 Å². The summed E-state index contributed by atoms with van der Waals surface area (Å²) in [5.41, 5.74) is 3.91. The Hall–Kier alpha value is -0.800. The van der Waals surface area contributed by atoms with Gasteiger partial charge in [-0.1, -0.05) is 58.7 Å². The Morgan fingerprint density at radius 3 is 2.62 bits per heavy atom. The second-order valence-corrected chi connectivity index (χ2v) is 7.16. The number of halogens is 2. The molecule has 112 valence electrons. The first kappa shape index (κ1) is 16.6. The van der Waals surface area contributed by atoms with E-state index >= 15 is 0 Å². The first-order chi connectivity index (χ1) is 10.1. The van der Waals surface area contributed by atoms with Crippen molar-refractivity contribution in [2.24, 2.45) is 0 Å². The first-order valence-electron chi connectivity index (χ1n) is 7.22.